The lowest BCUT2D eigenvalue weighted by molar-refractivity contribution is -0.137. The Hall–Kier alpha value is -2.64. The highest BCUT2D eigenvalue weighted by Gasteiger charge is 2.14. The molecule has 0 aliphatic rings. The number of aryl methyl sites for hydroxylation is 1. The number of nitrogens with one attached hydrogen (secondary N) is 2. The molecule has 0 radical (unpaired) electrons. The van der Waals surface area contributed by atoms with Crippen LogP contribution in [0, 0.1) is 0 Å². The van der Waals surface area contributed by atoms with Crippen molar-refractivity contribution in [3.05, 3.63) is 23.5 Å². The molecule has 0 saturated heterocycles. The molecule has 0 spiro atoms. The van der Waals surface area contributed by atoms with Crippen LogP contribution in [0.15, 0.2) is 12.3 Å². The van der Waals surface area contributed by atoms with E-state index in [-0.39, 0.29) is 18.0 Å². The van der Waals surface area contributed by atoms with E-state index in [9.17, 15) is 19.2 Å². The summed E-state index contributed by atoms with van der Waals surface area (Å²) in [6.45, 7) is 0.538. The SMILES string of the molecule is CC(=O)c1cc(C(=O)NCC(=O)NCC(=O)O)n(C)c1. The molecule has 0 aromatic carbocycles. The number of carbonyl (C=O) groups is 4. The van der Waals surface area contributed by atoms with Crippen LogP contribution in [0.2, 0.25) is 0 Å². The van der Waals surface area contributed by atoms with E-state index in [1.165, 1.54) is 23.8 Å². The highest BCUT2D eigenvalue weighted by atomic mass is 16.4. The molecule has 108 valence electrons. The Morgan fingerprint density at radius 1 is 1.20 bits per heavy atom. The highest BCUT2D eigenvalue weighted by molar-refractivity contribution is 6.00. The first-order chi connectivity index (χ1) is 9.31. The third kappa shape index (κ3) is 4.23. The number of amides is 2. The maximum atomic E-state index is 11.8. The van der Waals surface area contributed by atoms with Gasteiger partial charge in [0.2, 0.25) is 5.91 Å². The van der Waals surface area contributed by atoms with Crippen LogP contribution in [0.1, 0.15) is 27.8 Å². The fourth-order valence-electron chi connectivity index (χ4n) is 1.47. The molecule has 1 rings (SSSR count). The second kappa shape index (κ2) is 6.50. The Morgan fingerprint density at radius 3 is 2.35 bits per heavy atom. The zero-order valence-electron chi connectivity index (χ0n) is 11.1. The standard InChI is InChI=1S/C12H15N3O5/c1-7(16)8-3-9(15(2)6-8)12(20)14-4-10(17)13-5-11(18)19/h3,6H,4-5H2,1-2H3,(H,13,17)(H,14,20)(H,18,19). The van der Waals surface area contributed by atoms with Crippen molar-refractivity contribution < 1.29 is 24.3 Å². The molecule has 20 heavy (non-hydrogen) atoms. The average Bonchev–Trinajstić information content (AvgIpc) is 2.75. The van der Waals surface area contributed by atoms with E-state index in [0.717, 1.165) is 0 Å². The van der Waals surface area contributed by atoms with Gasteiger partial charge in [-0.05, 0) is 13.0 Å². The number of carboxylic acid groups (broad SMARTS) is 1. The van der Waals surface area contributed by atoms with Gasteiger partial charge in [-0.1, -0.05) is 0 Å². The first-order valence-corrected chi connectivity index (χ1v) is 5.75. The number of aromatic nitrogens is 1. The predicted molar refractivity (Wildman–Crippen MR) is 68.4 cm³/mol. The van der Waals surface area contributed by atoms with E-state index in [2.05, 4.69) is 10.6 Å². The smallest absolute Gasteiger partial charge is 0.322 e. The molecule has 0 saturated carbocycles. The normalized spacial score (nSPS) is 9.90. The van der Waals surface area contributed by atoms with E-state index in [4.69, 9.17) is 5.11 Å². The number of nitrogens with zero attached hydrogens (tertiary/aromatic N) is 1. The van der Waals surface area contributed by atoms with Crippen molar-refractivity contribution in [3.63, 3.8) is 0 Å². The summed E-state index contributed by atoms with van der Waals surface area (Å²) in [7, 11) is 1.60. The van der Waals surface area contributed by atoms with Gasteiger partial charge in [-0.2, -0.15) is 0 Å². The molecule has 2 amide bonds. The second-order valence-corrected chi connectivity index (χ2v) is 4.13. The quantitative estimate of drug-likeness (QED) is 0.588. The topological polar surface area (TPSA) is 118 Å². The Morgan fingerprint density at radius 2 is 1.85 bits per heavy atom. The molecule has 1 aromatic heterocycles. The summed E-state index contributed by atoms with van der Waals surface area (Å²) in [4.78, 5) is 44.5. The third-order valence-electron chi connectivity index (χ3n) is 2.49. The Labute approximate surface area is 114 Å². The number of hydrogen-bond acceptors (Lipinski definition) is 4. The lowest BCUT2D eigenvalue weighted by atomic mass is 10.2. The van der Waals surface area contributed by atoms with Crippen LogP contribution in [0.3, 0.4) is 0 Å². The molecule has 0 unspecified atom stereocenters. The van der Waals surface area contributed by atoms with Gasteiger partial charge in [0.15, 0.2) is 5.78 Å². The van der Waals surface area contributed by atoms with Crippen molar-refractivity contribution in [2.45, 2.75) is 6.92 Å². The number of hydrogen-bond donors (Lipinski definition) is 3. The van der Waals surface area contributed by atoms with E-state index in [0.29, 0.717) is 5.56 Å². The zero-order chi connectivity index (χ0) is 15.3. The number of carboxylic acids is 1. The molecule has 0 atom stereocenters. The minimum atomic E-state index is -1.17. The summed E-state index contributed by atoms with van der Waals surface area (Å²) < 4.78 is 1.47. The van der Waals surface area contributed by atoms with Crippen LogP contribution >= 0.6 is 0 Å². The van der Waals surface area contributed by atoms with Crippen LogP contribution < -0.4 is 10.6 Å². The molecular formula is C12H15N3O5. The van der Waals surface area contributed by atoms with Gasteiger partial charge >= 0.3 is 5.97 Å². The lowest BCUT2D eigenvalue weighted by Crippen LogP contribution is -2.39. The van der Waals surface area contributed by atoms with Crippen LogP contribution in [0.25, 0.3) is 0 Å². The number of aliphatic carboxylic acids is 1. The maximum Gasteiger partial charge on any atom is 0.322 e. The zero-order valence-corrected chi connectivity index (χ0v) is 11.1. The fraction of sp³-hybridized carbons (Fsp3) is 0.333. The fourth-order valence-corrected chi connectivity index (χ4v) is 1.47. The summed E-state index contributed by atoms with van der Waals surface area (Å²) in [6.07, 6.45) is 1.52. The third-order valence-corrected chi connectivity index (χ3v) is 2.49. The molecule has 8 nitrogen and oxygen atoms in total. The summed E-state index contributed by atoms with van der Waals surface area (Å²) >= 11 is 0. The van der Waals surface area contributed by atoms with Crippen molar-refractivity contribution in [1.29, 1.82) is 0 Å². The largest absolute Gasteiger partial charge is 0.480 e. The van der Waals surface area contributed by atoms with Gasteiger partial charge in [0.05, 0.1) is 6.54 Å². The Bertz CT molecular complexity index is 561. The number of Topliss-reactive ketones (excluding diaryl/α,β-unsaturated/α-hetero) is 1. The van der Waals surface area contributed by atoms with Gasteiger partial charge < -0.3 is 20.3 Å². The van der Waals surface area contributed by atoms with Crippen molar-refractivity contribution in [2.75, 3.05) is 13.1 Å². The minimum absolute atomic E-state index is 0.168. The van der Waals surface area contributed by atoms with Gasteiger partial charge in [0.1, 0.15) is 12.2 Å². The van der Waals surface area contributed by atoms with Gasteiger partial charge in [-0.15, -0.1) is 0 Å². The highest BCUT2D eigenvalue weighted by Crippen LogP contribution is 2.07. The molecule has 0 aliphatic carbocycles. The van der Waals surface area contributed by atoms with Gasteiger partial charge in [0.25, 0.3) is 5.91 Å². The molecular weight excluding hydrogens is 266 g/mol. The van der Waals surface area contributed by atoms with Crippen LogP contribution in [0.5, 0.6) is 0 Å². The molecule has 1 heterocycles. The van der Waals surface area contributed by atoms with Crippen molar-refractivity contribution in [3.8, 4) is 0 Å². The molecule has 0 aliphatic heterocycles. The summed E-state index contributed by atoms with van der Waals surface area (Å²) in [5, 5.41) is 12.8. The molecule has 0 bridgehead atoms. The molecule has 8 heteroatoms. The van der Waals surface area contributed by atoms with E-state index in [1.54, 1.807) is 7.05 Å². The van der Waals surface area contributed by atoms with Gasteiger partial charge in [-0.25, -0.2) is 0 Å². The Kier molecular flexibility index (Phi) is 5.01. The summed E-state index contributed by atoms with van der Waals surface area (Å²) in [6, 6.07) is 1.42. The van der Waals surface area contributed by atoms with Crippen LogP contribution in [0.4, 0.5) is 0 Å². The van der Waals surface area contributed by atoms with E-state index < -0.39 is 24.3 Å². The first-order valence-electron chi connectivity index (χ1n) is 5.75. The summed E-state index contributed by atoms with van der Waals surface area (Å²) in [5.41, 5.74) is 0.634. The molecule has 1 aromatic rings. The molecule has 3 N–H and O–H groups in total. The summed E-state index contributed by atoms with van der Waals surface area (Å²) in [5.74, 6) is -2.47. The minimum Gasteiger partial charge on any atom is -0.480 e. The Balaban J connectivity index is 2.57. The van der Waals surface area contributed by atoms with Crippen molar-refractivity contribution in [2.24, 2.45) is 7.05 Å². The predicted octanol–water partition coefficient (Wildman–Crippen LogP) is -0.842. The van der Waals surface area contributed by atoms with Crippen LogP contribution in [-0.4, -0.2) is 46.3 Å². The number of rotatable bonds is 6. The van der Waals surface area contributed by atoms with E-state index in [1.807, 2.05) is 0 Å². The molecule has 0 fully saturated rings. The number of carbonyl (C=O) groups excluding carboxylic acids is 3. The monoisotopic (exact) mass is 281 g/mol. The lowest BCUT2D eigenvalue weighted by Gasteiger charge is -2.05. The first kappa shape index (κ1) is 15.4. The number of ketones is 1. The van der Waals surface area contributed by atoms with E-state index >= 15 is 0 Å². The van der Waals surface area contributed by atoms with Gasteiger partial charge in [-0.3, -0.25) is 19.2 Å². The second-order valence-electron chi connectivity index (χ2n) is 4.13. The average molecular weight is 281 g/mol. The van der Waals surface area contributed by atoms with Crippen molar-refractivity contribution >= 4 is 23.6 Å². The van der Waals surface area contributed by atoms with Gasteiger partial charge in [0, 0.05) is 18.8 Å². The maximum absolute atomic E-state index is 11.8. The van der Waals surface area contributed by atoms with Crippen LogP contribution in [-0.2, 0) is 16.6 Å². The van der Waals surface area contributed by atoms with Crippen molar-refractivity contribution in [1.82, 2.24) is 15.2 Å².